The summed E-state index contributed by atoms with van der Waals surface area (Å²) in [5, 5.41) is 8.46. The fourth-order valence-electron chi connectivity index (χ4n) is 4.46. The highest BCUT2D eigenvalue weighted by Crippen LogP contribution is 2.47. The second-order valence-corrected chi connectivity index (χ2v) is 9.07. The molecule has 0 bridgehead atoms. The number of urea groups is 1. The Kier molecular flexibility index (Phi) is 4.29. The third-order valence-electron chi connectivity index (χ3n) is 5.58. The Morgan fingerprint density at radius 3 is 2.41 bits per heavy atom. The molecule has 27 heavy (non-hydrogen) atoms. The van der Waals surface area contributed by atoms with Gasteiger partial charge in [-0.1, -0.05) is 26.0 Å². The average molecular weight is 385 g/mol. The molecule has 1 aromatic rings. The van der Waals surface area contributed by atoms with E-state index in [1.807, 2.05) is 30.5 Å². The van der Waals surface area contributed by atoms with Crippen LogP contribution in [-0.4, -0.2) is 30.1 Å². The summed E-state index contributed by atoms with van der Waals surface area (Å²) in [6, 6.07) is 7.48. The molecule has 2 heterocycles. The van der Waals surface area contributed by atoms with Crippen LogP contribution < -0.4 is 16.0 Å². The summed E-state index contributed by atoms with van der Waals surface area (Å²) in [6.45, 7) is 4.13. The zero-order valence-electron chi connectivity index (χ0n) is 15.6. The molecule has 3 atom stereocenters. The number of Topliss-reactive ketones (excluding diaryl/α,β-unsaturated/α-hetero) is 1. The minimum absolute atomic E-state index is 0.0795. The van der Waals surface area contributed by atoms with Crippen molar-refractivity contribution in [3.05, 3.63) is 41.1 Å². The zero-order chi connectivity index (χ0) is 19.3. The van der Waals surface area contributed by atoms with Crippen molar-refractivity contribution in [3.63, 3.8) is 0 Å². The Morgan fingerprint density at radius 2 is 1.74 bits per heavy atom. The van der Waals surface area contributed by atoms with E-state index in [2.05, 4.69) is 29.8 Å². The maximum atomic E-state index is 13.1. The molecule has 1 saturated heterocycles. The van der Waals surface area contributed by atoms with Crippen molar-refractivity contribution in [1.29, 1.82) is 0 Å². The number of carbonyl (C=O) groups excluding carboxylic acids is 3. The normalized spacial score (nSPS) is 29.3. The van der Waals surface area contributed by atoms with E-state index in [1.165, 1.54) is 0 Å². The Hall–Kier alpha value is -2.28. The first-order chi connectivity index (χ1) is 12.8. The van der Waals surface area contributed by atoms with Gasteiger partial charge in [-0.2, -0.15) is 0 Å². The van der Waals surface area contributed by atoms with Crippen molar-refractivity contribution < 1.29 is 14.4 Å². The molecule has 6 nitrogen and oxygen atoms in total. The smallest absolute Gasteiger partial charge is 0.323 e. The van der Waals surface area contributed by atoms with Crippen molar-refractivity contribution in [3.8, 4) is 0 Å². The molecule has 142 valence electrons. The standard InChI is InChI=1S/C20H23N3O3S/c1-20(2)8-12-15(13(24)9-20)14(10-4-6-11(27-3)7-5-10)16-17(21-12)22-19(26)23-18(16)25/h4-7,14,16-17,21H,8-9H2,1-3H3,(H2,22,23,25,26). The maximum absolute atomic E-state index is 13.1. The number of ketones is 1. The van der Waals surface area contributed by atoms with Crippen LogP contribution in [0.4, 0.5) is 4.79 Å². The summed E-state index contributed by atoms with van der Waals surface area (Å²) in [5.41, 5.74) is 2.32. The van der Waals surface area contributed by atoms with Gasteiger partial charge in [0.15, 0.2) is 5.78 Å². The highest BCUT2D eigenvalue weighted by Gasteiger charge is 2.50. The molecule has 0 aromatic heterocycles. The lowest BCUT2D eigenvalue weighted by molar-refractivity contribution is -0.127. The highest BCUT2D eigenvalue weighted by molar-refractivity contribution is 7.98. The first-order valence-corrected chi connectivity index (χ1v) is 10.3. The lowest BCUT2D eigenvalue weighted by atomic mass is 9.66. The number of fused-ring (bicyclic) bond motifs is 1. The summed E-state index contributed by atoms with van der Waals surface area (Å²) in [6.07, 6.45) is 2.66. The van der Waals surface area contributed by atoms with Gasteiger partial charge < -0.3 is 10.6 Å². The number of rotatable bonds is 2. The van der Waals surface area contributed by atoms with E-state index in [0.29, 0.717) is 18.4 Å². The predicted octanol–water partition coefficient (Wildman–Crippen LogP) is 2.52. The highest BCUT2D eigenvalue weighted by atomic mass is 32.2. The number of hydrogen-bond donors (Lipinski definition) is 3. The zero-order valence-corrected chi connectivity index (χ0v) is 16.4. The van der Waals surface area contributed by atoms with Crippen LogP contribution in [0, 0.1) is 11.3 Å². The lowest BCUT2D eigenvalue weighted by Crippen LogP contribution is -2.66. The van der Waals surface area contributed by atoms with Gasteiger partial charge in [-0.15, -0.1) is 11.8 Å². The first-order valence-electron chi connectivity index (χ1n) is 9.07. The van der Waals surface area contributed by atoms with E-state index >= 15 is 0 Å². The van der Waals surface area contributed by atoms with Gasteiger partial charge in [0.25, 0.3) is 0 Å². The molecular formula is C20H23N3O3S. The predicted molar refractivity (Wildman–Crippen MR) is 103 cm³/mol. The lowest BCUT2D eigenvalue weighted by Gasteiger charge is -2.46. The number of thioether (sulfide) groups is 1. The molecule has 1 fully saturated rings. The van der Waals surface area contributed by atoms with Gasteiger partial charge in [-0.25, -0.2) is 4.79 Å². The van der Waals surface area contributed by atoms with Crippen molar-refractivity contribution in [1.82, 2.24) is 16.0 Å². The molecule has 0 spiro atoms. The third kappa shape index (κ3) is 3.14. The van der Waals surface area contributed by atoms with E-state index in [1.54, 1.807) is 11.8 Å². The van der Waals surface area contributed by atoms with Crippen LogP contribution in [0.1, 0.15) is 38.2 Å². The van der Waals surface area contributed by atoms with Crippen LogP contribution in [0.2, 0.25) is 0 Å². The van der Waals surface area contributed by atoms with Gasteiger partial charge in [0.1, 0.15) is 6.17 Å². The summed E-state index contributed by atoms with van der Waals surface area (Å²) >= 11 is 1.64. The Morgan fingerprint density at radius 1 is 1.04 bits per heavy atom. The molecule has 4 rings (SSSR count). The van der Waals surface area contributed by atoms with Crippen molar-refractivity contribution in [2.24, 2.45) is 11.3 Å². The molecule has 0 radical (unpaired) electrons. The van der Waals surface area contributed by atoms with E-state index in [9.17, 15) is 14.4 Å². The van der Waals surface area contributed by atoms with Crippen molar-refractivity contribution in [2.75, 3.05) is 6.26 Å². The number of amides is 3. The first kappa shape index (κ1) is 18.1. The topological polar surface area (TPSA) is 87.3 Å². The second-order valence-electron chi connectivity index (χ2n) is 8.19. The molecule has 1 aliphatic carbocycles. The number of benzene rings is 1. The maximum Gasteiger partial charge on any atom is 0.323 e. The van der Waals surface area contributed by atoms with Crippen molar-refractivity contribution >= 4 is 29.5 Å². The number of imide groups is 1. The van der Waals surface area contributed by atoms with Crippen molar-refractivity contribution in [2.45, 2.75) is 43.7 Å². The van der Waals surface area contributed by atoms with Crippen LogP contribution in [-0.2, 0) is 9.59 Å². The molecule has 2 aliphatic heterocycles. The van der Waals surface area contributed by atoms with Gasteiger partial charge in [0, 0.05) is 28.5 Å². The minimum atomic E-state index is -0.563. The number of allylic oxidation sites excluding steroid dienone is 2. The quantitative estimate of drug-likeness (QED) is 0.681. The monoisotopic (exact) mass is 385 g/mol. The molecule has 7 heteroatoms. The summed E-state index contributed by atoms with van der Waals surface area (Å²) in [7, 11) is 0. The number of hydrogen-bond acceptors (Lipinski definition) is 5. The van der Waals surface area contributed by atoms with E-state index < -0.39 is 18.1 Å². The number of nitrogens with one attached hydrogen (secondary N) is 3. The third-order valence-corrected chi connectivity index (χ3v) is 6.32. The van der Waals surface area contributed by atoms with Gasteiger partial charge in [0.05, 0.1) is 5.92 Å². The van der Waals surface area contributed by atoms with Gasteiger partial charge in [-0.3, -0.25) is 14.9 Å². The SMILES string of the molecule is CSc1ccc(C2C3=C(CC(C)(C)CC3=O)NC3NC(=O)NC(=O)C32)cc1. The van der Waals surface area contributed by atoms with Crippen LogP contribution in [0.25, 0.3) is 0 Å². The second kappa shape index (κ2) is 6.41. The van der Waals surface area contributed by atoms with Gasteiger partial charge in [0.2, 0.25) is 5.91 Å². The van der Waals surface area contributed by atoms with E-state index in [4.69, 9.17) is 0 Å². The minimum Gasteiger partial charge on any atom is -0.368 e. The van der Waals surface area contributed by atoms with Gasteiger partial charge in [-0.05, 0) is 35.8 Å². The fraction of sp³-hybridized carbons (Fsp3) is 0.450. The Balaban J connectivity index is 1.85. The van der Waals surface area contributed by atoms with Crippen LogP contribution in [0.3, 0.4) is 0 Å². The molecule has 3 unspecified atom stereocenters. The molecule has 3 N–H and O–H groups in total. The number of carbonyl (C=O) groups is 3. The summed E-state index contributed by atoms with van der Waals surface area (Å²) < 4.78 is 0. The van der Waals surface area contributed by atoms with E-state index in [-0.39, 0.29) is 23.0 Å². The average Bonchev–Trinajstić information content (AvgIpc) is 2.58. The Bertz CT molecular complexity index is 860. The van der Waals surface area contributed by atoms with Crippen LogP contribution >= 0.6 is 11.8 Å². The van der Waals surface area contributed by atoms with Crippen LogP contribution in [0.5, 0.6) is 0 Å². The largest absolute Gasteiger partial charge is 0.368 e. The molecular weight excluding hydrogens is 362 g/mol. The molecule has 0 saturated carbocycles. The fourth-order valence-corrected chi connectivity index (χ4v) is 4.87. The molecule has 3 aliphatic rings. The Labute approximate surface area is 162 Å². The molecule has 3 amide bonds. The van der Waals surface area contributed by atoms with Crippen LogP contribution in [0.15, 0.2) is 40.4 Å². The van der Waals surface area contributed by atoms with Gasteiger partial charge >= 0.3 is 6.03 Å². The summed E-state index contributed by atoms with van der Waals surface area (Å²) in [5.74, 6) is -1.20. The summed E-state index contributed by atoms with van der Waals surface area (Å²) in [4.78, 5) is 38.7. The molecule has 1 aromatic carbocycles. The van der Waals surface area contributed by atoms with E-state index in [0.717, 1.165) is 16.2 Å².